The van der Waals surface area contributed by atoms with Gasteiger partial charge >= 0.3 is 5.63 Å². The monoisotopic (exact) mass is 350 g/mol. The molecule has 2 aromatic carbocycles. The van der Waals surface area contributed by atoms with E-state index in [1.54, 1.807) is 62.8 Å². The van der Waals surface area contributed by atoms with Gasteiger partial charge in [-0.1, -0.05) is 0 Å². The predicted molar refractivity (Wildman–Crippen MR) is 94.3 cm³/mol. The Balaban J connectivity index is 1.74. The molecule has 0 aliphatic carbocycles. The van der Waals surface area contributed by atoms with E-state index < -0.39 is 5.63 Å². The van der Waals surface area contributed by atoms with Gasteiger partial charge < -0.3 is 18.3 Å². The van der Waals surface area contributed by atoms with Crippen LogP contribution < -0.4 is 15.1 Å². The van der Waals surface area contributed by atoms with Gasteiger partial charge in [-0.05, 0) is 42.5 Å². The maximum Gasteiger partial charge on any atom is 0.349 e. The molecule has 0 unspecified atom stereocenters. The third kappa shape index (κ3) is 2.79. The lowest BCUT2D eigenvalue weighted by Crippen LogP contribution is -2.03. The first-order valence-corrected chi connectivity index (χ1v) is 7.78. The summed E-state index contributed by atoms with van der Waals surface area (Å²) in [5.74, 6) is 1.73. The second-order valence-corrected chi connectivity index (χ2v) is 5.49. The van der Waals surface area contributed by atoms with Crippen molar-refractivity contribution in [1.82, 2.24) is 10.2 Å². The number of nitrogens with zero attached hydrogens (tertiary/aromatic N) is 2. The van der Waals surface area contributed by atoms with Crippen molar-refractivity contribution in [1.29, 1.82) is 0 Å². The Kier molecular flexibility index (Phi) is 3.89. The molecule has 4 rings (SSSR count). The highest BCUT2D eigenvalue weighted by Gasteiger charge is 2.16. The van der Waals surface area contributed by atoms with Crippen LogP contribution in [0.25, 0.3) is 33.9 Å². The zero-order valence-corrected chi connectivity index (χ0v) is 14.1. The molecule has 0 N–H and O–H groups in total. The van der Waals surface area contributed by atoms with Gasteiger partial charge in [-0.2, -0.15) is 0 Å². The minimum absolute atomic E-state index is 0.0993. The van der Waals surface area contributed by atoms with Crippen molar-refractivity contribution in [2.24, 2.45) is 0 Å². The second kappa shape index (κ2) is 6.36. The van der Waals surface area contributed by atoms with Crippen LogP contribution >= 0.6 is 0 Å². The summed E-state index contributed by atoms with van der Waals surface area (Å²) in [5, 5.41) is 8.71. The maximum absolute atomic E-state index is 12.3. The normalized spacial score (nSPS) is 10.8. The largest absolute Gasteiger partial charge is 0.497 e. The summed E-state index contributed by atoms with van der Waals surface area (Å²) < 4.78 is 21.3. The predicted octanol–water partition coefficient (Wildman–Crippen LogP) is 3.53. The Bertz CT molecular complexity index is 1130. The lowest BCUT2D eigenvalue weighted by atomic mass is 10.2. The molecule has 0 radical (unpaired) electrons. The minimum atomic E-state index is -0.560. The number of rotatable bonds is 4. The molecule has 26 heavy (non-hydrogen) atoms. The first-order valence-electron chi connectivity index (χ1n) is 7.78. The maximum atomic E-state index is 12.3. The molecular weight excluding hydrogens is 336 g/mol. The van der Waals surface area contributed by atoms with E-state index in [9.17, 15) is 4.79 Å². The lowest BCUT2D eigenvalue weighted by Gasteiger charge is -2.02. The highest BCUT2D eigenvalue weighted by Crippen LogP contribution is 2.26. The van der Waals surface area contributed by atoms with E-state index in [4.69, 9.17) is 18.3 Å². The van der Waals surface area contributed by atoms with Crippen LogP contribution in [0.5, 0.6) is 11.5 Å². The molecule has 4 aromatic rings. The zero-order chi connectivity index (χ0) is 18.1. The van der Waals surface area contributed by atoms with E-state index in [0.717, 1.165) is 16.7 Å². The van der Waals surface area contributed by atoms with Crippen molar-refractivity contribution in [2.45, 2.75) is 0 Å². The van der Waals surface area contributed by atoms with Crippen LogP contribution in [-0.2, 0) is 0 Å². The fraction of sp³-hybridized carbons (Fsp3) is 0.105. The zero-order valence-electron chi connectivity index (χ0n) is 14.1. The van der Waals surface area contributed by atoms with Crippen molar-refractivity contribution in [3.63, 3.8) is 0 Å². The van der Waals surface area contributed by atoms with E-state index in [1.807, 2.05) is 0 Å². The van der Waals surface area contributed by atoms with Crippen molar-refractivity contribution < 1.29 is 18.3 Å². The summed E-state index contributed by atoms with van der Waals surface area (Å²) in [4.78, 5) is 12.3. The Morgan fingerprint density at radius 3 is 2.23 bits per heavy atom. The van der Waals surface area contributed by atoms with Gasteiger partial charge in [-0.25, -0.2) is 4.79 Å². The highest BCUT2D eigenvalue weighted by atomic mass is 16.5. The summed E-state index contributed by atoms with van der Waals surface area (Å²) in [6, 6.07) is 14.1. The molecule has 0 saturated heterocycles. The van der Waals surface area contributed by atoms with Gasteiger partial charge in [0.2, 0.25) is 5.89 Å². The number of methoxy groups -OCH3 is 2. The van der Waals surface area contributed by atoms with Crippen molar-refractivity contribution in [3.8, 4) is 34.4 Å². The van der Waals surface area contributed by atoms with Crippen molar-refractivity contribution in [3.05, 3.63) is 59.0 Å². The molecule has 7 heteroatoms. The third-order valence-electron chi connectivity index (χ3n) is 3.94. The third-order valence-corrected chi connectivity index (χ3v) is 3.94. The second-order valence-electron chi connectivity index (χ2n) is 5.49. The van der Waals surface area contributed by atoms with E-state index in [0.29, 0.717) is 17.2 Å². The van der Waals surface area contributed by atoms with Crippen LogP contribution in [0.4, 0.5) is 0 Å². The average molecular weight is 350 g/mol. The van der Waals surface area contributed by atoms with E-state index in [1.165, 1.54) is 0 Å². The summed E-state index contributed by atoms with van der Waals surface area (Å²) in [6.45, 7) is 0. The van der Waals surface area contributed by atoms with Gasteiger partial charge in [0, 0.05) is 17.0 Å². The summed E-state index contributed by atoms with van der Waals surface area (Å²) in [5.41, 5.74) is 0.790. The lowest BCUT2D eigenvalue weighted by molar-refractivity contribution is 0.414. The molecule has 130 valence electrons. The Hall–Kier alpha value is -3.61. The van der Waals surface area contributed by atoms with E-state index in [2.05, 4.69) is 10.2 Å². The Labute approximate surface area is 147 Å². The molecule has 0 fully saturated rings. The molecule has 2 aromatic heterocycles. The summed E-state index contributed by atoms with van der Waals surface area (Å²) >= 11 is 0. The van der Waals surface area contributed by atoms with Gasteiger partial charge in [0.05, 0.1) is 14.2 Å². The minimum Gasteiger partial charge on any atom is -0.497 e. The fourth-order valence-corrected chi connectivity index (χ4v) is 2.55. The molecule has 0 saturated carbocycles. The van der Waals surface area contributed by atoms with Crippen LogP contribution in [0, 0.1) is 0 Å². The van der Waals surface area contributed by atoms with Crippen molar-refractivity contribution in [2.75, 3.05) is 14.2 Å². The number of hydrogen-bond donors (Lipinski definition) is 0. The fourth-order valence-electron chi connectivity index (χ4n) is 2.55. The van der Waals surface area contributed by atoms with Crippen LogP contribution in [0.1, 0.15) is 0 Å². The summed E-state index contributed by atoms with van der Waals surface area (Å²) in [7, 11) is 3.14. The highest BCUT2D eigenvalue weighted by molar-refractivity contribution is 5.81. The van der Waals surface area contributed by atoms with Gasteiger partial charge in [-0.15, -0.1) is 10.2 Å². The standard InChI is InChI=1S/C19H14N2O5/c1-23-13-6-3-11(4-7-13)17-20-21-18(26-17)15-9-12-5-8-14(24-2)10-16(12)25-19(15)22/h3-10H,1-2H3. The average Bonchev–Trinajstić information content (AvgIpc) is 3.17. The van der Waals surface area contributed by atoms with Crippen LogP contribution in [0.3, 0.4) is 0 Å². The Morgan fingerprint density at radius 2 is 1.50 bits per heavy atom. The van der Waals surface area contributed by atoms with Crippen LogP contribution in [-0.4, -0.2) is 24.4 Å². The molecule has 0 aliphatic heterocycles. The van der Waals surface area contributed by atoms with E-state index >= 15 is 0 Å². The van der Waals surface area contributed by atoms with Crippen LogP contribution in [0.2, 0.25) is 0 Å². The molecular formula is C19H14N2O5. The smallest absolute Gasteiger partial charge is 0.349 e. The topological polar surface area (TPSA) is 87.6 Å². The van der Waals surface area contributed by atoms with Crippen LogP contribution in [0.15, 0.2) is 62.2 Å². The number of hydrogen-bond acceptors (Lipinski definition) is 7. The summed E-state index contributed by atoms with van der Waals surface area (Å²) in [6.07, 6.45) is 0. The van der Waals surface area contributed by atoms with Gasteiger partial charge in [0.15, 0.2) is 0 Å². The first kappa shape index (κ1) is 15.9. The quantitative estimate of drug-likeness (QED) is 0.520. The SMILES string of the molecule is COc1ccc(-c2nnc(-c3cc4ccc(OC)cc4oc3=O)o2)cc1. The van der Waals surface area contributed by atoms with Gasteiger partial charge in [-0.3, -0.25) is 0 Å². The Morgan fingerprint density at radius 1 is 0.808 bits per heavy atom. The van der Waals surface area contributed by atoms with Gasteiger partial charge in [0.1, 0.15) is 22.6 Å². The number of fused-ring (bicyclic) bond motifs is 1. The number of ether oxygens (including phenoxy) is 2. The van der Waals surface area contributed by atoms with Gasteiger partial charge in [0.25, 0.3) is 5.89 Å². The first-order chi connectivity index (χ1) is 12.7. The molecule has 2 heterocycles. The van der Waals surface area contributed by atoms with E-state index in [-0.39, 0.29) is 11.5 Å². The molecule has 0 spiro atoms. The number of aromatic nitrogens is 2. The molecule has 7 nitrogen and oxygen atoms in total. The molecule has 0 aliphatic rings. The molecule has 0 amide bonds. The van der Waals surface area contributed by atoms with Crippen molar-refractivity contribution >= 4 is 11.0 Å². The number of benzene rings is 2. The molecule has 0 atom stereocenters. The molecule has 0 bridgehead atoms.